The first kappa shape index (κ1) is 15.0. The predicted octanol–water partition coefficient (Wildman–Crippen LogP) is 4.98. The van der Waals surface area contributed by atoms with Crippen LogP contribution in [0.4, 0.5) is 5.13 Å². The molecule has 0 saturated heterocycles. The third-order valence-corrected chi connectivity index (χ3v) is 5.30. The first-order chi connectivity index (χ1) is 11.7. The summed E-state index contributed by atoms with van der Waals surface area (Å²) < 4.78 is 0. The van der Waals surface area contributed by atoms with E-state index in [1.165, 1.54) is 11.3 Å². The molecule has 0 spiro atoms. The molecule has 6 heteroatoms. The van der Waals surface area contributed by atoms with Gasteiger partial charge in [0, 0.05) is 16.5 Å². The van der Waals surface area contributed by atoms with Crippen LogP contribution in [-0.2, 0) is 0 Å². The van der Waals surface area contributed by atoms with Gasteiger partial charge in [0.25, 0.3) is 5.91 Å². The van der Waals surface area contributed by atoms with E-state index in [9.17, 15) is 4.79 Å². The Kier molecular flexibility index (Phi) is 3.84. The Bertz CT molecular complexity index is 1020. The van der Waals surface area contributed by atoms with Gasteiger partial charge in [-0.15, -0.1) is 22.7 Å². The van der Waals surface area contributed by atoms with Crippen LogP contribution in [0.5, 0.6) is 0 Å². The van der Waals surface area contributed by atoms with Gasteiger partial charge in [-0.05, 0) is 30.5 Å². The molecule has 4 nitrogen and oxygen atoms in total. The molecule has 0 atom stereocenters. The van der Waals surface area contributed by atoms with Crippen molar-refractivity contribution in [2.45, 2.75) is 6.92 Å². The zero-order valence-corrected chi connectivity index (χ0v) is 14.4. The summed E-state index contributed by atoms with van der Waals surface area (Å²) in [5, 5.41) is 6.34. The summed E-state index contributed by atoms with van der Waals surface area (Å²) in [5.41, 5.74) is 2.23. The van der Waals surface area contributed by atoms with Crippen molar-refractivity contribution in [2.75, 3.05) is 5.32 Å². The third-order valence-electron chi connectivity index (χ3n) is 3.58. The maximum atomic E-state index is 12.8. The van der Waals surface area contributed by atoms with Crippen LogP contribution >= 0.6 is 22.7 Å². The summed E-state index contributed by atoms with van der Waals surface area (Å²) in [4.78, 5) is 23.8. The molecule has 0 aliphatic rings. The number of thiazole rings is 1. The first-order valence-corrected chi connectivity index (χ1v) is 9.08. The van der Waals surface area contributed by atoms with Gasteiger partial charge < -0.3 is 0 Å². The average Bonchev–Trinajstić information content (AvgIpc) is 3.25. The Morgan fingerprint density at radius 1 is 1.17 bits per heavy atom. The van der Waals surface area contributed by atoms with E-state index in [4.69, 9.17) is 0 Å². The summed E-state index contributed by atoms with van der Waals surface area (Å²) in [6, 6.07) is 13.5. The third kappa shape index (κ3) is 2.81. The second kappa shape index (κ2) is 6.14. The quantitative estimate of drug-likeness (QED) is 0.566. The fourth-order valence-corrected chi connectivity index (χ4v) is 3.84. The second-order valence-corrected chi connectivity index (χ2v) is 7.46. The fourth-order valence-electron chi connectivity index (χ4n) is 2.49. The van der Waals surface area contributed by atoms with Gasteiger partial charge in [-0.1, -0.05) is 24.3 Å². The Morgan fingerprint density at radius 3 is 2.79 bits per heavy atom. The molecule has 1 amide bonds. The van der Waals surface area contributed by atoms with E-state index in [2.05, 4.69) is 15.3 Å². The molecule has 0 aliphatic carbocycles. The average molecular weight is 351 g/mol. The number of carbonyl (C=O) groups is 1. The van der Waals surface area contributed by atoms with Gasteiger partial charge in [-0.3, -0.25) is 10.1 Å². The number of hydrogen-bond acceptors (Lipinski definition) is 5. The molecule has 118 valence electrons. The molecule has 4 rings (SSSR count). The Hall–Kier alpha value is -2.57. The Morgan fingerprint density at radius 2 is 2.04 bits per heavy atom. The second-order valence-electron chi connectivity index (χ2n) is 5.28. The van der Waals surface area contributed by atoms with E-state index in [0.717, 1.165) is 26.4 Å². The van der Waals surface area contributed by atoms with Gasteiger partial charge >= 0.3 is 0 Å². The summed E-state index contributed by atoms with van der Waals surface area (Å²) >= 11 is 3.07. The van der Waals surface area contributed by atoms with Crippen molar-refractivity contribution in [3.63, 3.8) is 0 Å². The normalized spacial score (nSPS) is 10.9. The van der Waals surface area contributed by atoms with E-state index >= 15 is 0 Å². The number of amides is 1. The standard InChI is InChI=1S/C18H13N3OS2/c1-11-10-19-18(24-11)21-17(22)13-9-15(16-7-4-8-23-16)20-14-6-3-2-5-12(13)14/h2-10H,1H3,(H,19,21,22). The highest BCUT2D eigenvalue weighted by Crippen LogP contribution is 2.28. The number of pyridine rings is 1. The molecule has 0 radical (unpaired) electrons. The van der Waals surface area contributed by atoms with Crippen LogP contribution in [0, 0.1) is 6.92 Å². The molecule has 0 saturated carbocycles. The Labute approximate surface area is 146 Å². The fraction of sp³-hybridized carbons (Fsp3) is 0.0556. The Balaban J connectivity index is 1.82. The number of carbonyl (C=O) groups excluding carboxylic acids is 1. The molecule has 0 unspecified atom stereocenters. The van der Waals surface area contributed by atoms with Gasteiger partial charge in [-0.25, -0.2) is 9.97 Å². The van der Waals surface area contributed by atoms with Crippen molar-refractivity contribution in [1.29, 1.82) is 0 Å². The van der Waals surface area contributed by atoms with E-state index < -0.39 is 0 Å². The number of aromatic nitrogens is 2. The summed E-state index contributed by atoms with van der Waals surface area (Å²) in [7, 11) is 0. The lowest BCUT2D eigenvalue weighted by molar-refractivity contribution is 0.102. The van der Waals surface area contributed by atoms with Crippen LogP contribution in [0.1, 0.15) is 15.2 Å². The highest BCUT2D eigenvalue weighted by atomic mass is 32.1. The minimum absolute atomic E-state index is 0.166. The number of anilines is 1. The number of nitrogens with zero attached hydrogens (tertiary/aromatic N) is 2. The number of hydrogen-bond donors (Lipinski definition) is 1. The lowest BCUT2D eigenvalue weighted by Crippen LogP contribution is -2.12. The van der Waals surface area contributed by atoms with Crippen LogP contribution < -0.4 is 5.32 Å². The largest absolute Gasteiger partial charge is 0.298 e. The van der Waals surface area contributed by atoms with E-state index in [1.54, 1.807) is 17.5 Å². The highest BCUT2D eigenvalue weighted by molar-refractivity contribution is 7.15. The maximum Gasteiger partial charge on any atom is 0.258 e. The molecule has 1 aromatic carbocycles. The minimum Gasteiger partial charge on any atom is -0.298 e. The SMILES string of the molecule is Cc1cnc(NC(=O)c2cc(-c3cccs3)nc3ccccc23)s1. The van der Waals surface area contributed by atoms with Crippen LogP contribution in [0.15, 0.2) is 54.0 Å². The van der Waals surface area contributed by atoms with Crippen molar-refractivity contribution in [3.8, 4) is 10.6 Å². The molecule has 4 aromatic rings. The molecule has 0 bridgehead atoms. The number of para-hydroxylation sites is 1. The zero-order chi connectivity index (χ0) is 16.5. The molecule has 24 heavy (non-hydrogen) atoms. The van der Waals surface area contributed by atoms with Crippen molar-refractivity contribution in [3.05, 3.63) is 64.5 Å². The minimum atomic E-state index is -0.166. The number of fused-ring (bicyclic) bond motifs is 1. The summed E-state index contributed by atoms with van der Waals surface area (Å²) in [5.74, 6) is -0.166. The number of thiophene rings is 1. The molecule has 3 heterocycles. The number of rotatable bonds is 3. The van der Waals surface area contributed by atoms with Gasteiger partial charge in [-0.2, -0.15) is 0 Å². The summed E-state index contributed by atoms with van der Waals surface area (Å²) in [6.07, 6.45) is 1.75. The smallest absolute Gasteiger partial charge is 0.258 e. The van der Waals surface area contributed by atoms with Crippen molar-refractivity contribution >= 4 is 44.6 Å². The van der Waals surface area contributed by atoms with E-state index in [-0.39, 0.29) is 5.91 Å². The lowest BCUT2D eigenvalue weighted by atomic mass is 10.1. The topological polar surface area (TPSA) is 54.9 Å². The maximum absolute atomic E-state index is 12.8. The van der Waals surface area contributed by atoms with Crippen LogP contribution in [-0.4, -0.2) is 15.9 Å². The van der Waals surface area contributed by atoms with Gasteiger partial charge in [0.15, 0.2) is 5.13 Å². The molecule has 0 fully saturated rings. The number of benzene rings is 1. The van der Waals surface area contributed by atoms with E-state index in [1.807, 2.05) is 54.8 Å². The van der Waals surface area contributed by atoms with Gasteiger partial charge in [0.2, 0.25) is 0 Å². The summed E-state index contributed by atoms with van der Waals surface area (Å²) in [6.45, 7) is 1.96. The van der Waals surface area contributed by atoms with Crippen molar-refractivity contribution in [2.24, 2.45) is 0 Å². The van der Waals surface area contributed by atoms with Crippen LogP contribution in [0.3, 0.4) is 0 Å². The highest BCUT2D eigenvalue weighted by Gasteiger charge is 2.15. The molecule has 3 aromatic heterocycles. The molecule has 1 N–H and O–H groups in total. The number of aryl methyl sites for hydroxylation is 1. The van der Waals surface area contributed by atoms with Gasteiger partial charge in [0.1, 0.15) is 0 Å². The molecular formula is C18H13N3OS2. The lowest BCUT2D eigenvalue weighted by Gasteiger charge is -2.08. The molecule has 0 aliphatic heterocycles. The first-order valence-electron chi connectivity index (χ1n) is 7.38. The monoisotopic (exact) mass is 351 g/mol. The van der Waals surface area contributed by atoms with Crippen molar-refractivity contribution in [1.82, 2.24) is 9.97 Å². The molecular weight excluding hydrogens is 338 g/mol. The zero-order valence-electron chi connectivity index (χ0n) is 12.8. The predicted molar refractivity (Wildman–Crippen MR) is 99.9 cm³/mol. The van der Waals surface area contributed by atoms with Crippen molar-refractivity contribution < 1.29 is 4.79 Å². The van der Waals surface area contributed by atoms with Crippen LogP contribution in [0.25, 0.3) is 21.5 Å². The van der Waals surface area contributed by atoms with Crippen LogP contribution in [0.2, 0.25) is 0 Å². The van der Waals surface area contributed by atoms with E-state index in [0.29, 0.717) is 10.7 Å². The van der Waals surface area contributed by atoms with Gasteiger partial charge in [0.05, 0.1) is 21.7 Å². The number of nitrogens with one attached hydrogen (secondary N) is 1.